The van der Waals surface area contributed by atoms with Crippen LogP contribution in [0.1, 0.15) is 41.0 Å². The van der Waals surface area contributed by atoms with Crippen LogP contribution in [0, 0.1) is 5.41 Å². The SMILES string of the molecule is CCCOc1nc(NC(C)C(C)(C)C)ccc1N. The van der Waals surface area contributed by atoms with Gasteiger partial charge in [0.2, 0.25) is 5.88 Å². The van der Waals surface area contributed by atoms with E-state index in [1.807, 2.05) is 12.1 Å². The molecule has 4 nitrogen and oxygen atoms in total. The van der Waals surface area contributed by atoms with Crippen molar-refractivity contribution in [2.24, 2.45) is 5.41 Å². The molecule has 18 heavy (non-hydrogen) atoms. The summed E-state index contributed by atoms with van der Waals surface area (Å²) in [5.74, 6) is 1.32. The number of nitrogens with one attached hydrogen (secondary N) is 1. The van der Waals surface area contributed by atoms with Crippen LogP contribution in [0.5, 0.6) is 5.88 Å². The molecule has 0 aliphatic carbocycles. The smallest absolute Gasteiger partial charge is 0.239 e. The molecule has 3 N–H and O–H groups in total. The molecule has 4 heteroatoms. The molecule has 0 saturated heterocycles. The summed E-state index contributed by atoms with van der Waals surface area (Å²) >= 11 is 0. The fourth-order valence-corrected chi connectivity index (χ4v) is 1.28. The van der Waals surface area contributed by atoms with Gasteiger partial charge in [-0.1, -0.05) is 27.7 Å². The van der Waals surface area contributed by atoms with Crippen LogP contribution < -0.4 is 15.8 Å². The van der Waals surface area contributed by atoms with E-state index in [0.29, 0.717) is 24.2 Å². The molecular formula is C14H25N3O. The molecule has 0 spiro atoms. The Morgan fingerprint density at radius 2 is 2.06 bits per heavy atom. The van der Waals surface area contributed by atoms with Crippen LogP contribution in [0.15, 0.2) is 12.1 Å². The van der Waals surface area contributed by atoms with Crippen molar-refractivity contribution in [3.63, 3.8) is 0 Å². The lowest BCUT2D eigenvalue weighted by Gasteiger charge is -2.28. The minimum atomic E-state index is 0.174. The minimum absolute atomic E-state index is 0.174. The van der Waals surface area contributed by atoms with E-state index in [0.717, 1.165) is 12.2 Å². The molecule has 1 aromatic heterocycles. The number of anilines is 2. The maximum absolute atomic E-state index is 5.83. The van der Waals surface area contributed by atoms with E-state index in [-0.39, 0.29) is 5.41 Å². The number of hydrogen-bond donors (Lipinski definition) is 2. The third kappa shape index (κ3) is 4.09. The second-order valence-corrected chi connectivity index (χ2v) is 5.67. The Morgan fingerprint density at radius 3 is 2.61 bits per heavy atom. The van der Waals surface area contributed by atoms with Crippen molar-refractivity contribution in [2.45, 2.75) is 47.1 Å². The monoisotopic (exact) mass is 251 g/mol. The zero-order valence-corrected chi connectivity index (χ0v) is 12.1. The van der Waals surface area contributed by atoms with Gasteiger partial charge < -0.3 is 15.8 Å². The molecule has 1 atom stereocenters. The molecule has 102 valence electrons. The minimum Gasteiger partial charge on any atom is -0.476 e. The first-order chi connectivity index (χ1) is 8.34. The van der Waals surface area contributed by atoms with Gasteiger partial charge in [0.1, 0.15) is 5.82 Å². The van der Waals surface area contributed by atoms with Crippen molar-refractivity contribution in [1.82, 2.24) is 4.98 Å². The van der Waals surface area contributed by atoms with Gasteiger partial charge in [-0.05, 0) is 30.9 Å². The highest BCUT2D eigenvalue weighted by atomic mass is 16.5. The van der Waals surface area contributed by atoms with Gasteiger partial charge in [-0.15, -0.1) is 0 Å². The Hall–Kier alpha value is -1.45. The van der Waals surface area contributed by atoms with E-state index in [4.69, 9.17) is 10.5 Å². The van der Waals surface area contributed by atoms with Crippen LogP contribution in [-0.4, -0.2) is 17.6 Å². The summed E-state index contributed by atoms with van der Waals surface area (Å²) in [6, 6.07) is 4.03. The summed E-state index contributed by atoms with van der Waals surface area (Å²) in [6.45, 7) is 11.4. The van der Waals surface area contributed by atoms with Crippen LogP contribution in [0.4, 0.5) is 11.5 Å². The largest absolute Gasteiger partial charge is 0.476 e. The second-order valence-electron chi connectivity index (χ2n) is 5.67. The van der Waals surface area contributed by atoms with Gasteiger partial charge in [-0.25, -0.2) is 0 Å². The third-order valence-electron chi connectivity index (χ3n) is 3.00. The number of nitrogen functional groups attached to an aromatic ring is 1. The molecule has 1 aromatic rings. The fraction of sp³-hybridized carbons (Fsp3) is 0.643. The van der Waals surface area contributed by atoms with Crippen LogP contribution >= 0.6 is 0 Å². The summed E-state index contributed by atoms with van der Waals surface area (Å²) in [4.78, 5) is 4.40. The van der Waals surface area contributed by atoms with Crippen molar-refractivity contribution < 1.29 is 4.74 Å². The van der Waals surface area contributed by atoms with E-state index in [1.54, 1.807) is 0 Å². The summed E-state index contributed by atoms with van der Waals surface area (Å²) < 4.78 is 5.52. The zero-order chi connectivity index (χ0) is 13.8. The summed E-state index contributed by atoms with van der Waals surface area (Å²) in [5.41, 5.74) is 6.59. The van der Waals surface area contributed by atoms with Crippen molar-refractivity contribution in [3.8, 4) is 5.88 Å². The number of nitrogens with zero attached hydrogens (tertiary/aromatic N) is 1. The van der Waals surface area contributed by atoms with Crippen molar-refractivity contribution in [2.75, 3.05) is 17.7 Å². The number of nitrogens with two attached hydrogens (primary N) is 1. The third-order valence-corrected chi connectivity index (χ3v) is 3.00. The average Bonchev–Trinajstić information content (AvgIpc) is 2.28. The Morgan fingerprint density at radius 1 is 1.39 bits per heavy atom. The number of hydrogen-bond acceptors (Lipinski definition) is 4. The highest BCUT2D eigenvalue weighted by molar-refractivity contribution is 5.53. The lowest BCUT2D eigenvalue weighted by Crippen LogP contribution is -2.31. The second kappa shape index (κ2) is 5.94. The van der Waals surface area contributed by atoms with E-state index in [9.17, 15) is 0 Å². The van der Waals surface area contributed by atoms with Crippen LogP contribution in [0.2, 0.25) is 0 Å². The Labute approximate surface area is 110 Å². The predicted molar refractivity (Wildman–Crippen MR) is 77.0 cm³/mol. The molecule has 0 aliphatic rings. The Balaban J connectivity index is 2.78. The normalized spacial score (nSPS) is 13.2. The fourth-order valence-electron chi connectivity index (χ4n) is 1.28. The molecule has 0 radical (unpaired) electrons. The van der Waals surface area contributed by atoms with Crippen molar-refractivity contribution >= 4 is 11.5 Å². The highest BCUT2D eigenvalue weighted by Gasteiger charge is 2.20. The van der Waals surface area contributed by atoms with E-state index < -0.39 is 0 Å². The van der Waals surface area contributed by atoms with Crippen LogP contribution in [0.25, 0.3) is 0 Å². The van der Waals surface area contributed by atoms with E-state index in [2.05, 4.69) is 44.9 Å². The number of rotatable bonds is 5. The maximum Gasteiger partial charge on any atom is 0.239 e. The van der Waals surface area contributed by atoms with E-state index >= 15 is 0 Å². The molecule has 1 unspecified atom stereocenters. The van der Waals surface area contributed by atoms with Crippen LogP contribution in [0.3, 0.4) is 0 Å². The standard InChI is InChI=1S/C14H25N3O/c1-6-9-18-13-11(15)7-8-12(17-13)16-10(2)14(3,4)5/h7-8,10H,6,9,15H2,1-5H3,(H,16,17). The molecule has 0 fully saturated rings. The molecule has 0 saturated carbocycles. The van der Waals surface area contributed by atoms with Crippen molar-refractivity contribution in [1.29, 1.82) is 0 Å². The van der Waals surface area contributed by atoms with Crippen molar-refractivity contribution in [3.05, 3.63) is 12.1 Å². The summed E-state index contributed by atoms with van der Waals surface area (Å²) in [7, 11) is 0. The Kier molecular flexibility index (Phi) is 4.82. The van der Waals surface area contributed by atoms with Gasteiger partial charge in [0.15, 0.2) is 0 Å². The molecule has 0 amide bonds. The molecule has 1 heterocycles. The topological polar surface area (TPSA) is 60.2 Å². The number of pyridine rings is 1. The van der Waals surface area contributed by atoms with Gasteiger partial charge in [0.25, 0.3) is 0 Å². The molecule has 0 aromatic carbocycles. The predicted octanol–water partition coefficient (Wildman–Crippen LogP) is 3.30. The maximum atomic E-state index is 5.83. The van der Waals surface area contributed by atoms with Gasteiger partial charge >= 0.3 is 0 Å². The molecular weight excluding hydrogens is 226 g/mol. The quantitative estimate of drug-likeness (QED) is 0.843. The highest BCUT2D eigenvalue weighted by Crippen LogP contribution is 2.25. The van der Waals surface area contributed by atoms with Crippen LogP contribution in [-0.2, 0) is 0 Å². The average molecular weight is 251 g/mol. The van der Waals surface area contributed by atoms with Gasteiger partial charge in [0, 0.05) is 6.04 Å². The van der Waals surface area contributed by atoms with Gasteiger partial charge in [0.05, 0.1) is 12.3 Å². The summed E-state index contributed by atoms with van der Waals surface area (Å²) in [6.07, 6.45) is 0.942. The zero-order valence-electron chi connectivity index (χ0n) is 12.1. The lowest BCUT2D eigenvalue weighted by atomic mass is 9.88. The number of ether oxygens (including phenoxy) is 1. The molecule has 0 bridgehead atoms. The van der Waals surface area contributed by atoms with Gasteiger partial charge in [-0.2, -0.15) is 4.98 Å². The van der Waals surface area contributed by atoms with Gasteiger partial charge in [-0.3, -0.25) is 0 Å². The number of aromatic nitrogens is 1. The first kappa shape index (κ1) is 14.6. The summed E-state index contributed by atoms with van der Waals surface area (Å²) in [5, 5.41) is 3.38. The lowest BCUT2D eigenvalue weighted by molar-refractivity contribution is 0.307. The molecule has 0 aliphatic heterocycles. The first-order valence-corrected chi connectivity index (χ1v) is 6.50. The molecule has 1 rings (SSSR count). The first-order valence-electron chi connectivity index (χ1n) is 6.50. The Bertz CT molecular complexity index is 385. The van der Waals surface area contributed by atoms with E-state index in [1.165, 1.54) is 0 Å².